The topological polar surface area (TPSA) is 47.1 Å². The third kappa shape index (κ3) is 3.35. The molecule has 5 heteroatoms. The molecule has 1 atom stereocenters. The van der Waals surface area contributed by atoms with Crippen molar-refractivity contribution in [2.45, 2.75) is 26.8 Å². The van der Waals surface area contributed by atoms with Crippen LogP contribution in [0, 0.1) is 12.3 Å². The number of benzene rings is 1. The largest absolute Gasteiger partial charge is 0.330 e. The summed E-state index contributed by atoms with van der Waals surface area (Å²) in [5.41, 5.74) is 8.61. The van der Waals surface area contributed by atoms with Gasteiger partial charge >= 0.3 is 0 Å². The first-order valence-electron chi connectivity index (χ1n) is 7.62. The molecule has 0 saturated carbocycles. The highest BCUT2D eigenvalue weighted by molar-refractivity contribution is 5.85. The number of halogens is 1. The number of imidazole rings is 1. The lowest BCUT2D eigenvalue weighted by Gasteiger charge is -2.23. The highest BCUT2D eigenvalue weighted by Gasteiger charge is 2.32. The maximum atomic E-state index is 5.90. The van der Waals surface area contributed by atoms with Gasteiger partial charge in [-0.05, 0) is 44.0 Å². The second kappa shape index (κ2) is 6.82. The number of aryl methyl sites for hydroxylation is 1. The van der Waals surface area contributed by atoms with Crippen LogP contribution in [0.15, 0.2) is 36.5 Å². The Labute approximate surface area is 138 Å². The van der Waals surface area contributed by atoms with Gasteiger partial charge in [-0.1, -0.05) is 25.1 Å². The van der Waals surface area contributed by atoms with Crippen molar-refractivity contribution in [1.82, 2.24) is 14.5 Å². The van der Waals surface area contributed by atoms with Crippen LogP contribution in [0.2, 0.25) is 0 Å². The maximum Gasteiger partial charge on any atom is 0.110 e. The minimum atomic E-state index is 0. The molecule has 0 amide bonds. The van der Waals surface area contributed by atoms with E-state index in [9.17, 15) is 0 Å². The fourth-order valence-corrected chi connectivity index (χ4v) is 3.19. The summed E-state index contributed by atoms with van der Waals surface area (Å²) in [5, 5.41) is 0. The molecule has 1 saturated heterocycles. The Morgan fingerprint density at radius 3 is 2.64 bits per heavy atom. The number of likely N-dealkylation sites (tertiary alicyclic amines) is 1. The molecule has 1 unspecified atom stereocenters. The molecule has 1 fully saturated rings. The highest BCUT2D eigenvalue weighted by Crippen LogP contribution is 2.29. The Morgan fingerprint density at radius 2 is 2.00 bits per heavy atom. The summed E-state index contributed by atoms with van der Waals surface area (Å²) in [6, 6.07) is 10.4. The monoisotopic (exact) mass is 320 g/mol. The first kappa shape index (κ1) is 17.0. The molecule has 3 rings (SSSR count). The van der Waals surface area contributed by atoms with Crippen LogP contribution in [-0.4, -0.2) is 34.1 Å². The van der Waals surface area contributed by atoms with Gasteiger partial charge in [-0.3, -0.25) is 9.47 Å². The van der Waals surface area contributed by atoms with Crippen LogP contribution in [-0.2, 0) is 6.54 Å². The van der Waals surface area contributed by atoms with E-state index in [1.54, 1.807) is 0 Å². The third-order valence-corrected chi connectivity index (χ3v) is 4.54. The second-order valence-corrected chi connectivity index (χ2v) is 6.44. The lowest BCUT2D eigenvalue weighted by molar-refractivity contribution is 0.271. The van der Waals surface area contributed by atoms with Gasteiger partial charge in [-0.2, -0.15) is 0 Å². The second-order valence-electron chi connectivity index (χ2n) is 6.44. The SMILES string of the molecule is Cc1ncc(CN2CCC(C)(CN)C2)n1-c1ccccc1.Cl. The molecule has 1 aliphatic rings. The summed E-state index contributed by atoms with van der Waals surface area (Å²) >= 11 is 0. The van der Waals surface area contributed by atoms with Crippen molar-refractivity contribution in [2.24, 2.45) is 11.1 Å². The predicted octanol–water partition coefficient (Wildman–Crippen LogP) is 2.77. The lowest BCUT2D eigenvalue weighted by atomic mass is 9.90. The van der Waals surface area contributed by atoms with E-state index in [1.807, 2.05) is 12.3 Å². The minimum Gasteiger partial charge on any atom is -0.330 e. The summed E-state index contributed by atoms with van der Waals surface area (Å²) in [6.45, 7) is 8.23. The highest BCUT2D eigenvalue weighted by atomic mass is 35.5. The zero-order chi connectivity index (χ0) is 14.9. The molecule has 120 valence electrons. The summed E-state index contributed by atoms with van der Waals surface area (Å²) in [5.74, 6) is 1.04. The molecule has 1 aromatic carbocycles. The average molecular weight is 321 g/mol. The van der Waals surface area contributed by atoms with Crippen molar-refractivity contribution in [2.75, 3.05) is 19.6 Å². The van der Waals surface area contributed by atoms with Crippen LogP contribution < -0.4 is 5.73 Å². The number of nitrogens with two attached hydrogens (primary N) is 1. The quantitative estimate of drug-likeness (QED) is 0.942. The van der Waals surface area contributed by atoms with Gasteiger partial charge in [0.2, 0.25) is 0 Å². The summed E-state index contributed by atoms with van der Waals surface area (Å²) in [6.07, 6.45) is 3.18. The molecule has 22 heavy (non-hydrogen) atoms. The van der Waals surface area contributed by atoms with Gasteiger partial charge in [0.25, 0.3) is 0 Å². The van der Waals surface area contributed by atoms with Crippen molar-refractivity contribution in [3.8, 4) is 5.69 Å². The number of rotatable bonds is 4. The van der Waals surface area contributed by atoms with Gasteiger partial charge in [0.15, 0.2) is 0 Å². The molecular formula is C17H25ClN4. The number of aromatic nitrogens is 2. The third-order valence-electron chi connectivity index (χ3n) is 4.54. The molecule has 4 nitrogen and oxygen atoms in total. The Balaban J connectivity index is 0.00000176. The fourth-order valence-electron chi connectivity index (χ4n) is 3.19. The lowest BCUT2D eigenvalue weighted by Crippen LogP contribution is -2.31. The molecule has 1 aliphatic heterocycles. The van der Waals surface area contributed by atoms with E-state index in [1.165, 1.54) is 17.8 Å². The van der Waals surface area contributed by atoms with E-state index in [2.05, 4.69) is 52.6 Å². The number of para-hydroxylation sites is 1. The van der Waals surface area contributed by atoms with Crippen LogP contribution in [0.4, 0.5) is 0 Å². The first-order valence-corrected chi connectivity index (χ1v) is 7.62. The van der Waals surface area contributed by atoms with E-state index in [4.69, 9.17) is 5.73 Å². The Kier molecular flexibility index (Phi) is 5.27. The van der Waals surface area contributed by atoms with Crippen LogP contribution in [0.25, 0.3) is 5.69 Å². The van der Waals surface area contributed by atoms with Crippen molar-refractivity contribution >= 4 is 12.4 Å². The van der Waals surface area contributed by atoms with Crippen molar-refractivity contribution in [3.63, 3.8) is 0 Å². The molecule has 0 radical (unpaired) electrons. The van der Waals surface area contributed by atoms with Gasteiger partial charge in [0, 0.05) is 18.8 Å². The Hall–Kier alpha value is -1.36. The molecular weight excluding hydrogens is 296 g/mol. The normalized spacial score (nSPS) is 21.8. The average Bonchev–Trinajstić information content (AvgIpc) is 3.05. The molecule has 2 aromatic rings. The van der Waals surface area contributed by atoms with Crippen LogP contribution in [0.5, 0.6) is 0 Å². The van der Waals surface area contributed by atoms with Crippen molar-refractivity contribution in [3.05, 3.63) is 48.0 Å². The van der Waals surface area contributed by atoms with E-state index >= 15 is 0 Å². The summed E-state index contributed by atoms with van der Waals surface area (Å²) < 4.78 is 2.25. The summed E-state index contributed by atoms with van der Waals surface area (Å²) in [4.78, 5) is 6.99. The van der Waals surface area contributed by atoms with E-state index in [0.29, 0.717) is 0 Å². The number of nitrogens with zero attached hydrogens (tertiary/aromatic N) is 3. The molecule has 0 bridgehead atoms. The first-order chi connectivity index (χ1) is 10.1. The molecule has 1 aromatic heterocycles. The predicted molar refractivity (Wildman–Crippen MR) is 92.6 cm³/mol. The maximum absolute atomic E-state index is 5.90. The smallest absolute Gasteiger partial charge is 0.110 e. The van der Waals surface area contributed by atoms with Gasteiger partial charge < -0.3 is 5.73 Å². The van der Waals surface area contributed by atoms with Crippen LogP contribution in [0.1, 0.15) is 24.9 Å². The van der Waals surface area contributed by atoms with Gasteiger partial charge in [0.1, 0.15) is 5.82 Å². The standard InChI is InChI=1S/C17H24N4.ClH/c1-14-19-10-16(21(14)15-6-4-3-5-7-15)11-20-9-8-17(2,12-18)13-20;/h3-7,10H,8-9,11-13,18H2,1-2H3;1H. The minimum absolute atomic E-state index is 0. The molecule has 2 N–H and O–H groups in total. The molecule has 0 aliphatic carbocycles. The van der Waals surface area contributed by atoms with Gasteiger partial charge in [-0.15, -0.1) is 12.4 Å². The Bertz CT molecular complexity index is 610. The van der Waals surface area contributed by atoms with Gasteiger partial charge in [0.05, 0.1) is 11.9 Å². The zero-order valence-corrected chi connectivity index (χ0v) is 14.1. The van der Waals surface area contributed by atoms with Crippen LogP contribution >= 0.6 is 12.4 Å². The Morgan fingerprint density at radius 1 is 1.27 bits per heavy atom. The molecule has 2 heterocycles. The van der Waals surface area contributed by atoms with E-state index in [0.717, 1.165) is 32.0 Å². The fraction of sp³-hybridized carbons (Fsp3) is 0.471. The molecule has 0 spiro atoms. The van der Waals surface area contributed by atoms with Crippen molar-refractivity contribution in [1.29, 1.82) is 0 Å². The summed E-state index contributed by atoms with van der Waals surface area (Å²) in [7, 11) is 0. The van der Waals surface area contributed by atoms with Crippen molar-refractivity contribution < 1.29 is 0 Å². The number of hydrogen-bond donors (Lipinski definition) is 1. The van der Waals surface area contributed by atoms with E-state index in [-0.39, 0.29) is 17.8 Å². The number of hydrogen-bond acceptors (Lipinski definition) is 3. The van der Waals surface area contributed by atoms with Gasteiger partial charge in [-0.25, -0.2) is 4.98 Å². The van der Waals surface area contributed by atoms with E-state index < -0.39 is 0 Å². The zero-order valence-electron chi connectivity index (χ0n) is 13.3. The van der Waals surface area contributed by atoms with Crippen LogP contribution in [0.3, 0.4) is 0 Å².